The van der Waals surface area contributed by atoms with Crippen molar-refractivity contribution >= 4 is 15.9 Å². The van der Waals surface area contributed by atoms with Crippen LogP contribution in [-0.4, -0.2) is 13.1 Å². The van der Waals surface area contributed by atoms with Gasteiger partial charge in [0.1, 0.15) is 0 Å². The summed E-state index contributed by atoms with van der Waals surface area (Å²) >= 11 is 3.52. The molecule has 1 heterocycles. The van der Waals surface area contributed by atoms with Crippen LogP contribution in [0.3, 0.4) is 0 Å². The topological polar surface area (TPSA) is 12.0 Å². The zero-order valence-corrected chi connectivity index (χ0v) is 12.4. The third-order valence-electron chi connectivity index (χ3n) is 4.01. The van der Waals surface area contributed by atoms with Crippen molar-refractivity contribution in [3.05, 3.63) is 70.2 Å². The summed E-state index contributed by atoms with van der Waals surface area (Å²) in [6.07, 6.45) is 1.21. The SMILES string of the molecule is Brc1ccc(C2CCNCC2c2ccccc2)cc1. The smallest absolute Gasteiger partial charge is 0.0175 e. The highest BCUT2D eigenvalue weighted by atomic mass is 79.9. The van der Waals surface area contributed by atoms with E-state index in [1.807, 2.05) is 0 Å². The summed E-state index contributed by atoms with van der Waals surface area (Å²) in [7, 11) is 0. The van der Waals surface area contributed by atoms with E-state index in [2.05, 4.69) is 75.8 Å². The van der Waals surface area contributed by atoms with Gasteiger partial charge < -0.3 is 5.32 Å². The zero-order valence-electron chi connectivity index (χ0n) is 10.9. The number of nitrogens with one attached hydrogen (secondary N) is 1. The average molecular weight is 316 g/mol. The van der Waals surface area contributed by atoms with E-state index in [1.165, 1.54) is 17.5 Å². The van der Waals surface area contributed by atoms with Crippen LogP contribution in [0.1, 0.15) is 29.4 Å². The fourth-order valence-electron chi connectivity index (χ4n) is 3.02. The summed E-state index contributed by atoms with van der Waals surface area (Å²) in [6, 6.07) is 19.7. The van der Waals surface area contributed by atoms with E-state index < -0.39 is 0 Å². The van der Waals surface area contributed by atoms with Crippen LogP contribution in [0.5, 0.6) is 0 Å². The van der Waals surface area contributed by atoms with E-state index in [0.29, 0.717) is 11.8 Å². The first-order chi connectivity index (χ1) is 9.34. The van der Waals surface area contributed by atoms with Gasteiger partial charge in [0.15, 0.2) is 0 Å². The summed E-state index contributed by atoms with van der Waals surface area (Å²) in [5, 5.41) is 3.54. The summed E-state index contributed by atoms with van der Waals surface area (Å²) < 4.78 is 1.15. The van der Waals surface area contributed by atoms with Gasteiger partial charge in [-0.2, -0.15) is 0 Å². The van der Waals surface area contributed by atoms with Crippen LogP contribution in [0.25, 0.3) is 0 Å². The van der Waals surface area contributed by atoms with E-state index in [4.69, 9.17) is 0 Å². The van der Waals surface area contributed by atoms with E-state index in [0.717, 1.165) is 17.6 Å². The molecule has 0 aromatic heterocycles. The van der Waals surface area contributed by atoms with E-state index in [1.54, 1.807) is 0 Å². The van der Waals surface area contributed by atoms with Gasteiger partial charge in [0.2, 0.25) is 0 Å². The molecule has 98 valence electrons. The van der Waals surface area contributed by atoms with Gasteiger partial charge in [-0.1, -0.05) is 58.4 Å². The van der Waals surface area contributed by atoms with Gasteiger partial charge in [0, 0.05) is 16.9 Å². The molecule has 0 amide bonds. The van der Waals surface area contributed by atoms with Crippen LogP contribution in [-0.2, 0) is 0 Å². The van der Waals surface area contributed by atoms with Crippen LogP contribution in [0.4, 0.5) is 0 Å². The van der Waals surface area contributed by atoms with Gasteiger partial charge in [0.25, 0.3) is 0 Å². The predicted octanol–water partition coefficient (Wildman–Crippen LogP) is 4.31. The van der Waals surface area contributed by atoms with Crippen molar-refractivity contribution in [1.82, 2.24) is 5.32 Å². The standard InChI is InChI=1S/C17H18BrN/c18-15-8-6-14(7-9-15)16-10-11-19-12-17(16)13-4-2-1-3-5-13/h1-9,16-17,19H,10-12H2. The molecular formula is C17H18BrN. The molecule has 0 saturated carbocycles. The van der Waals surface area contributed by atoms with Crippen LogP contribution in [0.2, 0.25) is 0 Å². The van der Waals surface area contributed by atoms with E-state index in [9.17, 15) is 0 Å². The summed E-state index contributed by atoms with van der Waals surface area (Å²) in [5.41, 5.74) is 2.90. The zero-order chi connectivity index (χ0) is 13.1. The Morgan fingerprint density at radius 1 is 0.842 bits per heavy atom. The Labute approximate surface area is 123 Å². The summed E-state index contributed by atoms with van der Waals surface area (Å²) in [5.74, 6) is 1.20. The molecule has 2 aromatic rings. The second-order valence-corrected chi connectivity index (χ2v) is 6.08. The van der Waals surface area contributed by atoms with Gasteiger partial charge in [-0.05, 0) is 42.1 Å². The lowest BCUT2D eigenvalue weighted by Crippen LogP contribution is -2.33. The van der Waals surface area contributed by atoms with E-state index in [-0.39, 0.29) is 0 Å². The molecule has 2 unspecified atom stereocenters. The fourth-order valence-corrected chi connectivity index (χ4v) is 3.28. The normalized spacial score (nSPS) is 23.2. The first-order valence-corrected chi connectivity index (χ1v) is 7.65. The lowest BCUT2D eigenvalue weighted by atomic mass is 9.77. The largest absolute Gasteiger partial charge is 0.316 e. The molecule has 1 saturated heterocycles. The molecule has 0 radical (unpaired) electrons. The highest BCUT2D eigenvalue weighted by molar-refractivity contribution is 9.10. The molecule has 0 bridgehead atoms. The molecule has 2 heteroatoms. The molecule has 0 spiro atoms. The minimum atomic E-state index is 0.580. The first-order valence-electron chi connectivity index (χ1n) is 6.86. The van der Waals surface area contributed by atoms with Crippen molar-refractivity contribution < 1.29 is 0 Å². The lowest BCUT2D eigenvalue weighted by Gasteiger charge is -2.33. The highest BCUT2D eigenvalue weighted by Gasteiger charge is 2.27. The Balaban J connectivity index is 1.91. The molecule has 1 N–H and O–H groups in total. The maximum Gasteiger partial charge on any atom is 0.0175 e. The molecule has 2 aromatic carbocycles. The Hall–Kier alpha value is -1.12. The molecule has 3 rings (SSSR count). The number of rotatable bonds is 2. The minimum absolute atomic E-state index is 0.580. The fraction of sp³-hybridized carbons (Fsp3) is 0.294. The molecule has 1 aliphatic rings. The predicted molar refractivity (Wildman–Crippen MR) is 83.6 cm³/mol. The van der Waals surface area contributed by atoms with Crippen molar-refractivity contribution in [2.24, 2.45) is 0 Å². The Morgan fingerprint density at radius 3 is 2.26 bits per heavy atom. The monoisotopic (exact) mass is 315 g/mol. The van der Waals surface area contributed by atoms with Crippen LogP contribution >= 0.6 is 15.9 Å². The lowest BCUT2D eigenvalue weighted by molar-refractivity contribution is 0.404. The number of halogens is 1. The van der Waals surface area contributed by atoms with Crippen molar-refractivity contribution in [2.75, 3.05) is 13.1 Å². The van der Waals surface area contributed by atoms with Crippen molar-refractivity contribution in [1.29, 1.82) is 0 Å². The second-order valence-electron chi connectivity index (χ2n) is 5.17. The van der Waals surface area contributed by atoms with Crippen LogP contribution in [0.15, 0.2) is 59.1 Å². The quantitative estimate of drug-likeness (QED) is 0.870. The molecule has 19 heavy (non-hydrogen) atoms. The first kappa shape index (κ1) is 12.9. The number of hydrogen-bond donors (Lipinski definition) is 1. The van der Waals surface area contributed by atoms with Gasteiger partial charge in [-0.15, -0.1) is 0 Å². The Bertz CT molecular complexity index is 521. The van der Waals surface area contributed by atoms with Crippen LogP contribution < -0.4 is 5.32 Å². The third kappa shape index (κ3) is 2.90. The van der Waals surface area contributed by atoms with Crippen molar-refractivity contribution in [2.45, 2.75) is 18.3 Å². The van der Waals surface area contributed by atoms with Crippen molar-refractivity contribution in [3.8, 4) is 0 Å². The highest BCUT2D eigenvalue weighted by Crippen LogP contribution is 2.37. The molecule has 1 fully saturated rings. The Kier molecular flexibility index (Phi) is 4.00. The molecular weight excluding hydrogens is 298 g/mol. The van der Waals surface area contributed by atoms with Gasteiger partial charge in [-0.25, -0.2) is 0 Å². The third-order valence-corrected chi connectivity index (χ3v) is 4.54. The minimum Gasteiger partial charge on any atom is -0.316 e. The molecule has 2 atom stereocenters. The number of piperidine rings is 1. The maximum atomic E-state index is 3.54. The van der Waals surface area contributed by atoms with Gasteiger partial charge in [-0.3, -0.25) is 0 Å². The number of benzene rings is 2. The maximum absolute atomic E-state index is 3.54. The molecule has 1 aliphatic heterocycles. The summed E-state index contributed by atoms with van der Waals surface area (Å²) in [4.78, 5) is 0. The van der Waals surface area contributed by atoms with Gasteiger partial charge >= 0.3 is 0 Å². The van der Waals surface area contributed by atoms with Crippen LogP contribution in [0, 0.1) is 0 Å². The summed E-state index contributed by atoms with van der Waals surface area (Å²) in [6.45, 7) is 2.19. The number of hydrogen-bond acceptors (Lipinski definition) is 1. The van der Waals surface area contributed by atoms with Gasteiger partial charge in [0.05, 0.1) is 0 Å². The van der Waals surface area contributed by atoms with Crippen molar-refractivity contribution in [3.63, 3.8) is 0 Å². The van der Waals surface area contributed by atoms with E-state index >= 15 is 0 Å². The second kappa shape index (κ2) is 5.89. The Morgan fingerprint density at radius 2 is 1.53 bits per heavy atom. The molecule has 1 nitrogen and oxygen atoms in total. The average Bonchev–Trinajstić information content (AvgIpc) is 2.49. The molecule has 0 aliphatic carbocycles.